The molecule has 0 radical (unpaired) electrons. The van der Waals surface area contributed by atoms with Gasteiger partial charge in [0.15, 0.2) is 5.78 Å². The van der Waals surface area contributed by atoms with Crippen LogP contribution in [0.3, 0.4) is 0 Å². The summed E-state index contributed by atoms with van der Waals surface area (Å²) in [7, 11) is 0. The number of hydrogen-bond acceptors (Lipinski definition) is 2. The Kier molecular flexibility index (Phi) is 3.28. The summed E-state index contributed by atoms with van der Waals surface area (Å²) in [6.07, 6.45) is 5.02. The third kappa shape index (κ3) is 2.43. The molecule has 1 saturated carbocycles. The molecule has 0 unspecified atom stereocenters. The van der Waals surface area contributed by atoms with Gasteiger partial charge >= 0.3 is 0 Å². The van der Waals surface area contributed by atoms with Crippen molar-refractivity contribution in [1.29, 1.82) is 0 Å². The molecular weight excluding hydrogens is 200 g/mol. The summed E-state index contributed by atoms with van der Waals surface area (Å²) in [5, 5.41) is 0. The number of ether oxygens (including phenoxy) is 1. The van der Waals surface area contributed by atoms with Crippen LogP contribution in [-0.2, 0) is 0 Å². The molecule has 0 saturated heterocycles. The third-order valence-corrected chi connectivity index (χ3v) is 3.11. The molecule has 0 atom stereocenters. The maximum atomic E-state index is 11.5. The normalized spacial score (nSPS) is 16.4. The number of hydrogen-bond donors (Lipinski definition) is 0. The highest BCUT2D eigenvalue weighted by molar-refractivity contribution is 5.96. The number of Topliss-reactive ketones (excluding diaryl/α,β-unsaturated/α-hetero) is 1. The molecule has 0 aromatic heterocycles. The predicted molar refractivity (Wildman–Crippen MR) is 64.1 cm³/mol. The highest BCUT2D eigenvalue weighted by atomic mass is 16.5. The van der Waals surface area contributed by atoms with Crippen molar-refractivity contribution in [2.45, 2.75) is 45.6 Å². The van der Waals surface area contributed by atoms with Crippen LogP contribution in [0.2, 0.25) is 0 Å². The molecule has 0 bridgehead atoms. The van der Waals surface area contributed by atoms with Gasteiger partial charge < -0.3 is 4.74 Å². The van der Waals surface area contributed by atoms with Gasteiger partial charge in [0, 0.05) is 0 Å². The van der Waals surface area contributed by atoms with E-state index in [1.54, 1.807) is 6.92 Å². The summed E-state index contributed by atoms with van der Waals surface area (Å²) in [6.45, 7) is 3.61. The van der Waals surface area contributed by atoms with Crippen molar-refractivity contribution in [3.05, 3.63) is 29.3 Å². The summed E-state index contributed by atoms with van der Waals surface area (Å²) in [5.74, 6) is 0.840. The van der Waals surface area contributed by atoms with Crippen molar-refractivity contribution in [1.82, 2.24) is 0 Å². The van der Waals surface area contributed by atoms with Crippen LogP contribution in [0.4, 0.5) is 0 Å². The van der Waals surface area contributed by atoms with Gasteiger partial charge in [-0.2, -0.15) is 0 Å². The van der Waals surface area contributed by atoms with Crippen LogP contribution in [0.15, 0.2) is 18.2 Å². The van der Waals surface area contributed by atoms with E-state index in [0.717, 1.165) is 24.2 Å². The molecule has 1 fully saturated rings. The van der Waals surface area contributed by atoms with Crippen molar-refractivity contribution >= 4 is 5.78 Å². The smallest absolute Gasteiger partial charge is 0.163 e. The lowest BCUT2D eigenvalue weighted by Gasteiger charge is -2.16. The lowest BCUT2D eigenvalue weighted by Crippen LogP contribution is -2.13. The fourth-order valence-electron chi connectivity index (χ4n) is 2.20. The minimum absolute atomic E-state index is 0.0768. The van der Waals surface area contributed by atoms with Crippen molar-refractivity contribution in [2.75, 3.05) is 0 Å². The van der Waals surface area contributed by atoms with Crippen molar-refractivity contribution in [3.8, 4) is 5.75 Å². The van der Waals surface area contributed by atoms with E-state index < -0.39 is 0 Å². The zero-order valence-corrected chi connectivity index (χ0v) is 9.95. The molecule has 1 aromatic rings. The van der Waals surface area contributed by atoms with Crippen LogP contribution in [0, 0.1) is 6.92 Å². The average Bonchev–Trinajstić information content (AvgIpc) is 2.70. The summed E-state index contributed by atoms with van der Waals surface area (Å²) >= 11 is 0. The molecule has 2 heteroatoms. The molecular formula is C14H18O2. The Bertz CT molecular complexity index is 390. The van der Waals surface area contributed by atoms with E-state index in [2.05, 4.69) is 0 Å². The van der Waals surface area contributed by atoms with E-state index in [0.29, 0.717) is 11.7 Å². The Morgan fingerprint density at radius 3 is 2.62 bits per heavy atom. The van der Waals surface area contributed by atoms with E-state index in [4.69, 9.17) is 4.74 Å². The molecule has 0 amide bonds. The van der Waals surface area contributed by atoms with E-state index in [9.17, 15) is 4.79 Å². The summed E-state index contributed by atoms with van der Waals surface area (Å²) in [5.41, 5.74) is 1.84. The monoisotopic (exact) mass is 218 g/mol. The molecule has 1 aliphatic carbocycles. The zero-order valence-electron chi connectivity index (χ0n) is 9.95. The van der Waals surface area contributed by atoms with E-state index in [-0.39, 0.29) is 5.78 Å². The SMILES string of the molecule is CC(=O)c1ccc(C)cc1OC1CCCC1. The predicted octanol–water partition coefficient (Wildman–Crippen LogP) is 3.52. The Hall–Kier alpha value is -1.31. The molecule has 16 heavy (non-hydrogen) atoms. The molecule has 0 N–H and O–H groups in total. The number of carbonyl (C=O) groups is 1. The number of aryl methyl sites for hydroxylation is 1. The second-order valence-electron chi connectivity index (χ2n) is 4.58. The Labute approximate surface area is 96.6 Å². The van der Waals surface area contributed by atoms with Gasteiger partial charge in [0.1, 0.15) is 5.75 Å². The average molecular weight is 218 g/mol. The zero-order chi connectivity index (χ0) is 11.5. The fraction of sp³-hybridized carbons (Fsp3) is 0.500. The van der Waals surface area contributed by atoms with Gasteiger partial charge in [0.25, 0.3) is 0 Å². The summed E-state index contributed by atoms with van der Waals surface area (Å²) in [4.78, 5) is 11.5. The second kappa shape index (κ2) is 4.69. The minimum atomic E-state index is 0.0768. The van der Waals surface area contributed by atoms with Crippen molar-refractivity contribution in [3.63, 3.8) is 0 Å². The van der Waals surface area contributed by atoms with Crippen LogP contribution in [-0.4, -0.2) is 11.9 Å². The first kappa shape index (κ1) is 11.2. The topological polar surface area (TPSA) is 26.3 Å². The maximum Gasteiger partial charge on any atom is 0.163 e. The van der Waals surface area contributed by atoms with E-state index in [1.807, 2.05) is 25.1 Å². The van der Waals surface area contributed by atoms with Gasteiger partial charge in [-0.15, -0.1) is 0 Å². The molecule has 2 rings (SSSR count). The first-order chi connectivity index (χ1) is 7.66. The van der Waals surface area contributed by atoms with Gasteiger partial charge in [-0.25, -0.2) is 0 Å². The number of rotatable bonds is 3. The fourth-order valence-corrected chi connectivity index (χ4v) is 2.20. The first-order valence-corrected chi connectivity index (χ1v) is 5.95. The van der Waals surface area contributed by atoms with Crippen LogP contribution in [0.5, 0.6) is 5.75 Å². The third-order valence-electron chi connectivity index (χ3n) is 3.11. The van der Waals surface area contributed by atoms with Gasteiger partial charge in [-0.1, -0.05) is 6.07 Å². The first-order valence-electron chi connectivity index (χ1n) is 5.95. The molecule has 0 aliphatic heterocycles. The largest absolute Gasteiger partial charge is 0.490 e. The lowest BCUT2D eigenvalue weighted by atomic mass is 10.1. The van der Waals surface area contributed by atoms with Gasteiger partial charge in [0.05, 0.1) is 11.7 Å². The van der Waals surface area contributed by atoms with E-state index in [1.165, 1.54) is 12.8 Å². The van der Waals surface area contributed by atoms with Crippen LogP contribution >= 0.6 is 0 Å². The molecule has 1 aliphatic rings. The molecule has 2 nitrogen and oxygen atoms in total. The minimum Gasteiger partial charge on any atom is -0.490 e. The standard InChI is InChI=1S/C14H18O2/c1-10-7-8-13(11(2)15)14(9-10)16-12-5-3-4-6-12/h7-9,12H,3-6H2,1-2H3. The van der Waals surface area contributed by atoms with Gasteiger partial charge in [-0.3, -0.25) is 4.79 Å². The second-order valence-corrected chi connectivity index (χ2v) is 4.58. The van der Waals surface area contributed by atoms with Gasteiger partial charge in [0.2, 0.25) is 0 Å². The molecule has 86 valence electrons. The number of benzene rings is 1. The number of carbonyl (C=O) groups excluding carboxylic acids is 1. The summed E-state index contributed by atoms with van der Waals surface area (Å²) in [6, 6.07) is 5.79. The Balaban J connectivity index is 2.22. The Morgan fingerprint density at radius 2 is 2.00 bits per heavy atom. The molecule has 0 heterocycles. The van der Waals surface area contributed by atoms with Crippen LogP contribution < -0.4 is 4.74 Å². The van der Waals surface area contributed by atoms with Crippen molar-refractivity contribution < 1.29 is 9.53 Å². The number of ketones is 1. The van der Waals surface area contributed by atoms with Crippen LogP contribution in [0.1, 0.15) is 48.5 Å². The maximum absolute atomic E-state index is 11.5. The lowest BCUT2D eigenvalue weighted by molar-refractivity contribution is 0.101. The highest BCUT2D eigenvalue weighted by Gasteiger charge is 2.18. The molecule has 1 aromatic carbocycles. The Morgan fingerprint density at radius 1 is 1.31 bits per heavy atom. The van der Waals surface area contributed by atoms with E-state index >= 15 is 0 Å². The van der Waals surface area contributed by atoms with Gasteiger partial charge in [-0.05, 0) is 57.2 Å². The van der Waals surface area contributed by atoms with Crippen LogP contribution in [0.25, 0.3) is 0 Å². The summed E-state index contributed by atoms with van der Waals surface area (Å²) < 4.78 is 5.93. The molecule has 0 spiro atoms. The van der Waals surface area contributed by atoms with Crippen molar-refractivity contribution in [2.24, 2.45) is 0 Å². The highest BCUT2D eigenvalue weighted by Crippen LogP contribution is 2.27. The quantitative estimate of drug-likeness (QED) is 0.725.